The molecule has 0 aromatic rings. The number of hydrogen-bond donors (Lipinski definition) is 1. The summed E-state index contributed by atoms with van der Waals surface area (Å²) in [5.74, 6) is -0.144. The smallest absolute Gasteiger partial charge is 0.306 e. The van der Waals surface area contributed by atoms with Crippen LogP contribution < -0.4 is 5.32 Å². The maximum atomic E-state index is 10.6. The second-order valence-corrected chi connectivity index (χ2v) is 2.92. The van der Waals surface area contributed by atoms with Crippen molar-refractivity contribution in [2.75, 3.05) is 39.8 Å². The zero-order chi connectivity index (χ0) is 8.81. The van der Waals surface area contributed by atoms with Gasteiger partial charge in [0.15, 0.2) is 0 Å². The highest BCUT2D eigenvalue weighted by molar-refractivity contribution is 5.69. The Labute approximate surface area is 72.9 Å². The summed E-state index contributed by atoms with van der Waals surface area (Å²) in [6.45, 7) is 5.26. The molecule has 4 heteroatoms. The SMILES string of the molecule is COC(=O)CCNCCN1CC1. The van der Waals surface area contributed by atoms with Crippen LogP contribution in [-0.4, -0.2) is 50.7 Å². The van der Waals surface area contributed by atoms with E-state index in [2.05, 4.69) is 15.0 Å². The first-order chi connectivity index (χ1) is 5.83. The lowest BCUT2D eigenvalue weighted by Crippen LogP contribution is -2.24. The largest absolute Gasteiger partial charge is 0.469 e. The molecule has 0 bridgehead atoms. The van der Waals surface area contributed by atoms with E-state index in [1.807, 2.05) is 0 Å². The van der Waals surface area contributed by atoms with Crippen LogP contribution in [0.1, 0.15) is 6.42 Å². The fourth-order valence-electron chi connectivity index (χ4n) is 0.949. The van der Waals surface area contributed by atoms with Gasteiger partial charge in [-0.15, -0.1) is 0 Å². The third-order valence-corrected chi connectivity index (χ3v) is 1.88. The first-order valence-electron chi connectivity index (χ1n) is 4.33. The van der Waals surface area contributed by atoms with Crippen LogP contribution in [0.5, 0.6) is 0 Å². The molecule has 1 aliphatic rings. The summed E-state index contributed by atoms with van der Waals surface area (Å²) in [5, 5.41) is 3.18. The Morgan fingerprint density at radius 1 is 1.50 bits per heavy atom. The van der Waals surface area contributed by atoms with Gasteiger partial charge in [0, 0.05) is 32.7 Å². The first-order valence-corrected chi connectivity index (χ1v) is 4.33. The van der Waals surface area contributed by atoms with Crippen molar-refractivity contribution in [3.8, 4) is 0 Å². The molecule has 0 saturated carbocycles. The normalized spacial score (nSPS) is 16.1. The van der Waals surface area contributed by atoms with Gasteiger partial charge in [-0.3, -0.25) is 9.69 Å². The summed E-state index contributed by atoms with van der Waals surface area (Å²) in [5.41, 5.74) is 0. The van der Waals surface area contributed by atoms with Gasteiger partial charge < -0.3 is 10.1 Å². The molecular formula is C8H16N2O2. The number of carbonyl (C=O) groups excluding carboxylic acids is 1. The second-order valence-electron chi connectivity index (χ2n) is 2.92. The minimum atomic E-state index is -0.144. The van der Waals surface area contributed by atoms with E-state index in [1.165, 1.54) is 20.2 Å². The number of nitrogens with one attached hydrogen (secondary N) is 1. The topological polar surface area (TPSA) is 41.3 Å². The van der Waals surface area contributed by atoms with Crippen LogP contribution in [0.2, 0.25) is 0 Å². The van der Waals surface area contributed by atoms with E-state index in [0.717, 1.165) is 19.6 Å². The molecular weight excluding hydrogens is 156 g/mol. The van der Waals surface area contributed by atoms with Crippen molar-refractivity contribution < 1.29 is 9.53 Å². The Morgan fingerprint density at radius 2 is 2.25 bits per heavy atom. The summed E-state index contributed by atoms with van der Waals surface area (Å²) in [7, 11) is 1.41. The summed E-state index contributed by atoms with van der Waals surface area (Å²) in [6, 6.07) is 0. The van der Waals surface area contributed by atoms with E-state index in [0.29, 0.717) is 6.42 Å². The Morgan fingerprint density at radius 3 is 2.83 bits per heavy atom. The van der Waals surface area contributed by atoms with Crippen LogP contribution in [0.3, 0.4) is 0 Å². The van der Waals surface area contributed by atoms with Crippen molar-refractivity contribution >= 4 is 5.97 Å². The third-order valence-electron chi connectivity index (χ3n) is 1.88. The van der Waals surface area contributed by atoms with Crippen LogP contribution in [0.15, 0.2) is 0 Å². The highest BCUT2D eigenvalue weighted by Gasteiger charge is 2.15. The molecule has 1 N–H and O–H groups in total. The lowest BCUT2D eigenvalue weighted by molar-refractivity contribution is -0.140. The molecule has 1 rings (SSSR count). The lowest BCUT2D eigenvalue weighted by Gasteiger charge is -2.03. The zero-order valence-corrected chi connectivity index (χ0v) is 7.51. The Bertz CT molecular complexity index is 146. The van der Waals surface area contributed by atoms with Crippen LogP contribution in [0, 0.1) is 0 Å². The van der Waals surface area contributed by atoms with Crippen LogP contribution in [0.25, 0.3) is 0 Å². The van der Waals surface area contributed by atoms with Gasteiger partial charge >= 0.3 is 5.97 Å². The van der Waals surface area contributed by atoms with E-state index >= 15 is 0 Å². The van der Waals surface area contributed by atoms with Gasteiger partial charge in [-0.25, -0.2) is 0 Å². The minimum Gasteiger partial charge on any atom is -0.469 e. The summed E-state index contributed by atoms with van der Waals surface area (Å²) >= 11 is 0. The van der Waals surface area contributed by atoms with Crippen LogP contribution in [0.4, 0.5) is 0 Å². The molecule has 0 aromatic carbocycles. The van der Waals surface area contributed by atoms with Gasteiger partial charge in [-0.1, -0.05) is 0 Å². The molecule has 0 amide bonds. The third kappa shape index (κ3) is 4.31. The quantitative estimate of drug-likeness (QED) is 0.332. The van der Waals surface area contributed by atoms with Gasteiger partial charge in [0.2, 0.25) is 0 Å². The fraction of sp³-hybridized carbons (Fsp3) is 0.875. The van der Waals surface area contributed by atoms with Crippen molar-refractivity contribution in [2.45, 2.75) is 6.42 Å². The summed E-state index contributed by atoms with van der Waals surface area (Å²) in [6.07, 6.45) is 0.469. The Balaban J connectivity index is 1.78. The maximum absolute atomic E-state index is 10.6. The van der Waals surface area contributed by atoms with Crippen molar-refractivity contribution in [3.63, 3.8) is 0 Å². The van der Waals surface area contributed by atoms with E-state index in [9.17, 15) is 4.79 Å². The number of hydrogen-bond acceptors (Lipinski definition) is 4. The molecule has 12 heavy (non-hydrogen) atoms. The van der Waals surface area contributed by atoms with Crippen LogP contribution in [-0.2, 0) is 9.53 Å². The van der Waals surface area contributed by atoms with Gasteiger partial charge in [-0.05, 0) is 0 Å². The van der Waals surface area contributed by atoms with E-state index in [1.54, 1.807) is 0 Å². The van der Waals surface area contributed by atoms with Crippen molar-refractivity contribution in [2.24, 2.45) is 0 Å². The molecule has 0 radical (unpaired) electrons. The summed E-state index contributed by atoms with van der Waals surface area (Å²) < 4.78 is 4.50. The van der Waals surface area contributed by atoms with Gasteiger partial charge in [-0.2, -0.15) is 0 Å². The lowest BCUT2D eigenvalue weighted by atomic mass is 10.4. The van der Waals surface area contributed by atoms with Gasteiger partial charge in [0.25, 0.3) is 0 Å². The number of methoxy groups -OCH3 is 1. The Kier molecular flexibility index (Phi) is 4.04. The predicted molar refractivity (Wildman–Crippen MR) is 45.9 cm³/mol. The first kappa shape index (κ1) is 9.48. The second kappa shape index (κ2) is 5.11. The van der Waals surface area contributed by atoms with Crippen molar-refractivity contribution in [1.29, 1.82) is 0 Å². The molecule has 1 heterocycles. The van der Waals surface area contributed by atoms with Crippen molar-refractivity contribution in [1.82, 2.24) is 10.2 Å². The molecule has 1 fully saturated rings. The van der Waals surface area contributed by atoms with E-state index in [-0.39, 0.29) is 5.97 Å². The highest BCUT2D eigenvalue weighted by Crippen LogP contribution is 1.99. The minimum absolute atomic E-state index is 0.144. The Hall–Kier alpha value is -0.610. The number of esters is 1. The van der Waals surface area contributed by atoms with Crippen LogP contribution >= 0.6 is 0 Å². The standard InChI is InChI=1S/C8H16N2O2/c1-12-8(11)2-3-9-4-5-10-6-7-10/h9H,2-7H2,1H3. The number of rotatable bonds is 6. The average Bonchev–Trinajstić information content (AvgIpc) is 2.87. The number of nitrogens with zero attached hydrogens (tertiary/aromatic N) is 1. The molecule has 0 spiro atoms. The van der Waals surface area contributed by atoms with E-state index in [4.69, 9.17) is 0 Å². The molecule has 0 unspecified atom stereocenters. The molecule has 0 atom stereocenters. The number of carbonyl (C=O) groups is 1. The maximum Gasteiger partial charge on any atom is 0.306 e. The molecule has 70 valence electrons. The molecule has 1 aliphatic heterocycles. The molecule has 0 aromatic heterocycles. The van der Waals surface area contributed by atoms with Gasteiger partial charge in [0.1, 0.15) is 0 Å². The average molecular weight is 172 g/mol. The predicted octanol–water partition coefficient (Wildman–Crippen LogP) is -0.545. The number of ether oxygens (including phenoxy) is 1. The van der Waals surface area contributed by atoms with Crippen molar-refractivity contribution in [3.05, 3.63) is 0 Å². The highest BCUT2D eigenvalue weighted by atomic mass is 16.5. The monoisotopic (exact) mass is 172 g/mol. The molecule has 1 saturated heterocycles. The molecule has 0 aliphatic carbocycles. The summed E-state index contributed by atoms with van der Waals surface area (Å²) in [4.78, 5) is 13.0. The van der Waals surface area contributed by atoms with Gasteiger partial charge in [0.05, 0.1) is 13.5 Å². The fourth-order valence-corrected chi connectivity index (χ4v) is 0.949. The molecule has 4 nitrogen and oxygen atoms in total. The zero-order valence-electron chi connectivity index (χ0n) is 7.51. The van der Waals surface area contributed by atoms with E-state index < -0.39 is 0 Å².